The van der Waals surface area contributed by atoms with Crippen LogP contribution in [0.4, 0.5) is 5.69 Å². The summed E-state index contributed by atoms with van der Waals surface area (Å²) < 4.78 is 0. The number of anilines is 1. The highest BCUT2D eigenvalue weighted by Gasteiger charge is 2.35. The summed E-state index contributed by atoms with van der Waals surface area (Å²) >= 11 is 0. The number of nitrogens with two attached hydrogens (primary N) is 1. The predicted octanol–water partition coefficient (Wildman–Crippen LogP) is 3.49. The van der Waals surface area contributed by atoms with Gasteiger partial charge in [0.15, 0.2) is 5.96 Å². The van der Waals surface area contributed by atoms with E-state index in [1.807, 2.05) is 0 Å². The molecule has 1 aromatic carbocycles. The van der Waals surface area contributed by atoms with Crippen LogP contribution < -0.4 is 10.6 Å². The maximum absolute atomic E-state index is 6.18. The van der Waals surface area contributed by atoms with Gasteiger partial charge in [-0.05, 0) is 50.7 Å². The van der Waals surface area contributed by atoms with E-state index in [0.29, 0.717) is 23.8 Å². The van der Waals surface area contributed by atoms with Crippen molar-refractivity contribution in [2.24, 2.45) is 22.6 Å². The van der Waals surface area contributed by atoms with Gasteiger partial charge in [-0.1, -0.05) is 36.3 Å². The van der Waals surface area contributed by atoms with Gasteiger partial charge >= 0.3 is 0 Å². The summed E-state index contributed by atoms with van der Waals surface area (Å²) in [6.45, 7) is 7.49. The maximum Gasteiger partial charge on any atom is 0.196 e. The van der Waals surface area contributed by atoms with Gasteiger partial charge in [-0.3, -0.25) is 4.99 Å². The molecule has 2 aliphatic rings. The molecule has 2 N–H and O–H groups in total. The monoisotopic (exact) mass is 283 g/mol. The van der Waals surface area contributed by atoms with Crippen LogP contribution >= 0.6 is 0 Å². The van der Waals surface area contributed by atoms with Gasteiger partial charge in [0.1, 0.15) is 0 Å². The zero-order valence-corrected chi connectivity index (χ0v) is 13.2. The molecule has 3 atom stereocenters. The highest BCUT2D eigenvalue weighted by Crippen LogP contribution is 2.35. The third kappa shape index (κ3) is 2.82. The molecule has 3 rings (SSSR count). The first kappa shape index (κ1) is 14.2. The summed E-state index contributed by atoms with van der Waals surface area (Å²) in [7, 11) is 0. The van der Waals surface area contributed by atoms with Crippen molar-refractivity contribution >= 4 is 11.6 Å². The molecule has 3 heteroatoms. The van der Waals surface area contributed by atoms with Crippen LogP contribution in [0.2, 0.25) is 0 Å². The third-order valence-electron chi connectivity index (χ3n) is 4.70. The smallest absolute Gasteiger partial charge is 0.196 e. The minimum atomic E-state index is 0.402. The lowest BCUT2D eigenvalue weighted by Crippen LogP contribution is -2.45. The number of hydrogen-bond donors (Lipinski definition) is 1. The molecular weight excluding hydrogens is 258 g/mol. The zero-order chi connectivity index (χ0) is 15.0. The molecule has 21 heavy (non-hydrogen) atoms. The van der Waals surface area contributed by atoms with Gasteiger partial charge in [0.2, 0.25) is 0 Å². The molecule has 0 saturated carbocycles. The normalized spacial score (nSPS) is 29.3. The van der Waals surface area contributed by atoms with Crippen molar-refractivity contribution in [1.82, 2.24) is 0 Å². The second-order valence-corrected chi connectivity index (χ2v) is 6.66. The number of aliphatic imine (C=N–C) groups is 1. The van der Waals surface area contributed by atoms with Crippen molar-refractivity contribution in [3.63, 3.8) is 0 Å². The summed E-state index contributed by atoms with van der Waals surface area (Å²) in [5, 5.41) is 0. The Morgan fingerprint density at radius 1 is 1.19 bits per heavy atom. The third-order valence-corrected chi connectivity index (χ3v) is 4.70. The van der Waals surface area contributed by atoms with Crippen molar-refractivity contribution in [3.8, 4) is 0 Å². The van der Waals surface area contributed by atoms with E-state index in [0.717, 1.165) is 6.54 Å². The summed E-state index contributed by atoms with van der Waals surface area (Å²) in [5.74, 6) is 1.96. The van der Waals surface area contributed by atoms with Crippen molar-refractivity contribution in [1.29, 1.82) is 0 Å². The SMILES string of the molecule is CC1=CC(C)CC(C2CN=C(N)N2c2ccc(C)cc2)C1. The number of nitrogens with zero attached hydrogens (tertiary/aromatic N) is 2. The Hall–Kier alpha value is -1.77. The number of guanidine groups is 1. The fourth-order valence-corrected chi connectivity index (χ4v) is 3.79. The molecule has 0 fully saturated rings. The number of aryl methyl sites for hydroxylation is 1. The van der Waals surface area contributed by atoms with Crippen molar-refractivity contribution in [3.05, 3.63) is 41.5 Å². The Labute approximate surface area is 127 Å². The second kappa shape index (κ2) is 5.55. The molecule has 0 spiro atoms. The maximum atomic E-state index is 6.18. The first-order valence-corrected chi connectivity index (χ1v) is 7.87. The first-order valence-electron chi connectivity index (χ1n) is 7.87. The number of benzene rings is 1. The molecule has 0 bridgehead atoms. The largest absolute Gasteiger partial charge is 0.370 e. The Morgan fingerprint density at radius 2 is 1.90 bits per heavy atom. The molecule has 0 saturated heterocycles. The van der Waals surface area contributed by atoms with Gasteiger partial charge in [-0.2, -0.15) is 0 Å². The molecule has 112 valence electrons. The van der Waals surface area contributed by atoms with Crippen molar-refractivity contribution in [2.75, 3.05) is 11.4 Å². The first-order chi connectivity index (χ1) is 10.0. The molecule has 1 aliphatic heterocycles. The van der Waals surface area contributed by atoms with Gasteiger partial charge in [0.05, 0.1) is 12.6 Å². The molecule has 1 aliphatic carbocycles. The van der Waals surface area contributed by atoms with E-state index >= 15 is 0 Å². The molecule has 3 nitrogen and oxygen atoms in total. The Balaban J connectivity index is 1.85. The summed E-state index contributed by atoms with van der Waals surface area (Å²) in [6.07, 6.45) is 4.80. The number of allylic oxidation sites excluding steroid dienone is 2. The van der Waals surface area contributed by atoms with Gasteiger partial charge in [-0.25, -0.2) is 0 Å². The fourth-order valence-electron chi connectivity index (χ4n) is 3.79. The predicted molar refractivity (Wildman–Crippen MR) is 89.6 cm³/mol. The van der Waals surface area contributed by atoms with Crippen LogP contribution in [0.3, 0.4) is 0 Å². The molecule has 1 aromatic rings. The summed E-state index contributed by atoms with van der Waals surface area (Å²) in [5.41, 5.74) is 10.1. The molecule has 0 amide bonds. The van der Waals surface area contributed by atoms with E-state index in [9.17, 15) is 0 Å². The number of hydrogen-bond acceptors (Lipinski definition) is 3. The summed E-state index contributed by atoms with van der Waals surface area (Å²) in [4.78, 5) is 6.77. The fraction of sp³-hybridized carbons (Fsp3) is 0.500. The van der Waals surface area contributed by atoms with E-state index in [1.54, 1.807) is 0 Å². The molecule has 1 heterocycles. The topological polar surface area (TPSA) is 41.6 Å². The Kier molecular flexibility index (Phi) is 3.75. The Bertz CT molecular complexity index is 571. The van der Waals surface area contributed by atoms with Crippen LogP contribution in [0, 0.1) is 18.8 Å². The average Bonchev–Trinajstić information content (AvgIpc) is 2.80. The van der Waals surface area contributed by atoms with Crippen LogP contribution in [-0.4, -0.2) is 18.5 Å². The highest BCUT2D eigenvalue weighted by molar-refractivity contribution is 5.97. The Morgan fingerprint density at radius 3 is 2.57 bits per heavy atom. The lowest BCUT2D eigenvalue weighted by molar-refractivity contribution is 0.350. The standard InChI is InChI=1S/C18H25N3/c1-12-4-6-16(7-5-12)21-17(11-20-18(21)19)15-9-13(2)8-14(3)10-15/h4-8,13,15,17H,9-11H2,1-3H3,(H2,19,20). The van der Waals surface area contributed by atoms with E-state index in [1.165, 1.54) is 29.7 Å². The highest BCUT2D eigenvalue weighted by atomic mass is 15.3. The minimum Gasteiger partial charge on any atom is -0.370 e. The van der Waals surface area contributed by atoms with Crippen LogP contribution in [-0.2, 0) is 0 Å². The molecule has 3 unspecified atom stereocenters. The van der Waals surface area contributed by atoms with E-state index in [-0.39, 0.29) is 0 Å². The van der Waals surface area contributed by atoms with E-state index in [2.05, 4.69) is 61.0 Å². The van der Waals surface area contributed by atoms with Crippen LogP contribution in [0.5, 0.6) is 0 Å². The molecule has 0 radical (unpaired) electrons. The minimum absolute atomic E-state index is 0.402. The molecule has 0 aromatic heterocycles. The average molecular weight is 283 g/mol. The van der Waals surface area contributed by atoms with Gasteiger partial charge in [0, 0.05) is 5.69 Å². The van der Waals surface area contributed by atoms with Crippen LogP contribution in [0.15, 0.2) is 40.9 Å². The van der Waals surface area contributed by atoms with Crippen LogP contribution in [0.25, 0.3) is 0 Å². The van der Waals surface area contributed by atoms with Gasteiger partial charge in [0.25, 0.3) is 0 Å². The second-order valence-electron chi connectivity index (χ2n) is 6.66. The molecular formula is C18H25N3. The quantitative estimate of drug-likeness (QED) is 0.844. The summed E-state index contributed by atoms with van der Waals surface area (Å²) in [6, 6.07) is 9.01. The van der Waals surface area contributed by atoms with Crippen molar-refractivity contribution < 1.29 is 0 Å². The van der Waals surface area contributed by atoms with Crippen LogP contribution in [0.1, 0.15) is 32.3 Å². The van der Waals surface area contributed by atoms with Gasteiger partial charge < -0.3 is 10.6 Å². The van der Waals surface area contributed by atoms with Crippen molar-refractivity contribution in [2.45, 2.75) is 39.7 Å². The lowest BCUT2D eigenvalue weighted by atomic mass is 9.79. The van der Waals surface area contributed by atoms with E-state index < -0.39 is 0 Å². The van der Waals surface area contributed by atoms with Gasteiger partial charge in [-0.15, -0.1) is 0 Å². The number of rotatable bonds is 2. The zero-order valence-electron chi connectivity index (χ0n) is 13.2. The van der Waals surface area contributed by atoms with E-state index in [4.69, 9.17) is 5.73 Å². The lowest BCUT2D eigenvalue weighted by Gasteiger charge is -2.36.